The van der Waals surface area contributed by atoms with Gasteiger partial charge >= 0.3 is 5.63 Å². The quantitative estimate of drug-likeness (QED) is 0.674. The van der Waals surface area contributed by atoms with Crippen molar-refractivity contribution in [1.29, 1.82) is 0 Å². The van der Waals surface area contributed by atoms with Crippen molar-refractivity contribution in [3.63, 3.8) is 0 Å². The van der Waals surface area contributed by atoms with Crippen LogP contribution in [0.15, 0.2) is 39.5 Å². The molecule has 0 saturated heterocycles. The van der Waals surface area contributed by atoms with E-state index in [0.29, 0.717) is 17.7 Å². The molecule has 1 amide bonds. The van der Waals surface area contributed by atoms with Crippen LogP contribution in [0.1, 0.15) is 20.3 Å². The summed E-state index contributed by atoms with van der Waals surface area (Å²) in [6.07, 6.45) is 0.421. The Morgan fingerprint density at radius 2 is 2.05 bits per heavy atom. The van der Waals surface area contributed by atoms with Crippen molar-refractivity contribution in [1.82, 2.24) is 5.32 Å². The Morgan fingerprint density at radius 3 is 2.76 bits per heavy atom. The van der Waals surface area contributed by atoms with Crippen LogP contribution in [0.3, 0.4) is 0 Å². The standard InChI is InChI=1S/C15H16N2O3S/c1-9(2)7-13(18)17-15(21)16-11-4-5-12-10(8-11)3-6-14(19)20-12/h3-6,8-9H,7H2,1-2H3,(H2,16,17,18,21). The molecule has 2 N–H and O–H groups in total. The number of carbonyl (C=O) groups is 1. The van der Waals surface area contributed by atoms with Crippen LogP contribution >= 0.6 is 12.2 Å². The number of hydrogen-bond donors (Lipinski definition) is 2. The van der Waals surface area contributed by atoms with Gasteiger partial charge in [0.05, 0.1) is 0 Å². The molecule has 2 rings (SSSR count). The summed E-state index contributed by atoms with van der Waals surface area (Å²) in [4.78, 5) is 22.7. The molecule has 0 aliphatic carbocycles. The highest BCUT2D eigenvalue weighted by Crippen LogP contribution is 2.17. The highest BCUT2D eigenvalue weighted by molar-refractivity contribution is 7.80. The summed E-state index contributed by atoms with van der Waals surface area (Å²) >= 11 is 5.09. The van der Waals surface area contributed by atoms with Gasteiger partial charge in [0, 0.05) is 23.6 Å². The molecule has 110 valence electrons. The maximum Gasteiger partial charge on any atom is 0.336 e. The van der Waals surface area contributed by atoms with Gasteiger partial charge in [-0.25, -0.2) is 4.79 Å². The van der Waals surface area contributed by atoms with E-state index in [1.807, 2.05) is 13.8 Å². The van der Waals surface area contributed by atoms with E-state index in [9.17, 15) is 9.59 Å². The Balaban J connectivity index is 2.06. The van der Waals surface area contributed by atoms with Gasteiger partial charge in [-0.05, 0) is 42.4 Å². The smallest absolute Gasteiger partial charge is 0.336 e. The number of thiocarbonyl (C=S) groups is 1. The lowest BCUT2D eigenvalue weighted by Crippen LogP contribution is -2.34. The number of benzene rings is 1. The zero-order chi connectivity index (χ0) is 15.4. The van der Waals surface area contributed by atoms with Crippen molar-refractivity contribution in [2.45, 2.75) is 20.3 Å². The molecule has 0 aliphatic heterocycles. The third kappa shape index (κ3) is 4.39. The van der Waals surface area contributed by atoms with Gasteiger partial charge in [-0.1, -0.05) is 13.8 Å². The largest absolute Gasteiger partial charge is 0.423 e. The number of hydrogen-bond acceptors (Lipinski definition) is 4. The van der Waals surface area contributed by atoms with Crippen molar-refractivity contribution in [3.05, 3.63) is 40.8 Å². The van der Waals surface area contributed by atoms with Crippen LogP contribution in [0.2, 0.25) is 0 Å². The molecule has 0 radical (unpaired) electrons. The monoisotopic (exact) mass is 304 g/mol. The molecular weight excluding hydrogens is 288 g/mol. The molecule has 0 atom stereocenters. The Morgan fingerprint density at radius 1 is 1.29 bits per heavy atom. The summed E-state index contributed by atoms with van der Waals surface area (Å²) in [5.41, 5.74) is 0.827. The van der Waals surface area contributed by atoms with Gasteiger partial charge in [0.25, 0.3) is 0 Å². The minimum atomic E-state index is -0.389. The van der Waals surface area contributed by atoms with Crippen LogP contribution in [-0.4, -0.2) is 11.0 Å². The summed E-state index contributed by atoms with van der Waals surface area (Å²) in [5, 5.41) is 6.58. The second-order valence-corrected chi connectivity index (χ2v) is 5.52. The van der Waals surface area contributed by atoms with E-state index < -0.39 is 0 Å². The van der Waals surface area contributed by atoms with E-state index >= 15 is 0 Å². The van der Waals surface area contributed by atoms with Gasteiger partial charge in [0.15, 0.2) is 5.11 Å². The number of amides is 1. The predicted molar refractivity (Wildman–Crippen MR) is 86.3 cm³/mol. The van der Waals surface area contributed by atoms with Gasteiger partial charge in [-0.15, -0.1) is 0 Å². The van der Waals surface area contributed by atoms with E-state index in [1.165, 1.54) is 6.07 Å². The predicted octanol–water partition coefficient (Wildman–Crippen LogP) is 2.65. The lowest BCUT2D eigenvalue weighted by Gasteiger charge is -2.11. The van der Waals surface area contributed by atoms with Crippen LogP contribution < -0.4 is 16.3 Å². The molecule has 5 nitrogen and oxygen atoms in total. The molecule has 0 saturated carbocycles. The second kappa shape index (κ2) is 6.49. The lowest BCUT2D eigenvalue weighted by molar-refractivity contribution is -0.120. The minimum Gasteiger partial charge on any atom is -0.423 e. The second-order valence-electron chi connectivity index (χ2n) is 5.11. The average Bonchev–Trinajstić information content (AvgIpc) is 2.37. The van der Waals surface area contributed by atoms with E-state index in [0.717, 1.165) is 5.39 Å². The fourth-order valence-corrected chi connectivity index (χ4v) is 2.09. The molecule has 21 heavy (non-hydrogen) atoms. The molecule has 1 aromatic heterocycles. The minimum absolute atomic E-state index is 0.116. The average molecular weight is 304 g/mol. The number of rotatable bonds is 3. The Bertz CT molecular complexity index is 737. The van der Waals surface area contributed by atoms with Gasteiger partial charge in [0.1, 0.15) is 5.58 Å². The Kier molecular flexibility index (Phi) is 4.70. The van der Waals surface area contributed by atoms with E-state index in [4.69, 9.17) is 16.6 Å². The van der Waals surface area contributed by atoms with Gasteiger partial charge in [-0.3, -0.25) is 4.79 Å². The van der Waals surface area contributed by atoms with Crippen LogP contribution in [0.25, 0.3) is 11.0 Å². The zero-order valence-corrected chi connectivity index (χ0v) is 12.6. The SMILES string of the molecule is CC(C)CC(=O)NC(=S)Nc1ccc2oc(=O)ccc2c1. The van der Waals surface area contributed by atoms with Gasteiger partial charge in [0.2, 0.25) is 5.91 Å². The topological polar surface area (TPSA) is 71.3 Å². The first kappa shape index (κ1) is 15.2. The highest BCUT2D eigenvalue weighted by Gasteiger charge is 2.07. The van der Waals surface area contributed by atoms with Crippen LogP contribution in [0, 0.1) is 5.92 Å². The molecule has 6 heteroatoms. The maximum atomic E-state index is 11.6. The summed E-state index contributed by atoms with van der Waals surface area (Å²) in [7, 11) is 0. The molecule has 1 aromatic carbocycles. The van der Waals surface area contributed by atoms with Crippen molar-refractivity contribution < 1.29 is 9.21 Å². The number of fused-ring (bicyclic) bond motifs is 1. The first-order valence-corrected chi connectivity index (χ1v) is 6.99. The van der Waals surface area contributed by atoms with Crippen LogP contribution in [-0.2, 0) is 4.79 Å². The zero-order valence-electron chi connectivity index (χ0n) is 11.8. The van der Waals surface area contributed by atoms with Crippen molar-refractivity contribution in [2.24, 2.45) is 5.92 Å². The summed E-state index contributed by atoms with van der Waals surface area (Å²) < 4.78 is 5.04. The molecule has 0 bridgehead atoms. The van der Waals surface area contributed by atoms with Crippen molar-refractivity contribution >= 4 is 39.9 Å². The number of carbonyl (C=O) groups excluding carboxylic acids is 1. The van der Waals surface area contributed by atoms with E-state index in [1.54, 1.807) is 24.3 Å². The van der Waals surface area contributed by atoms with Gasteiger partial charge < -0.3 is 15.1 Å². The third-order valence-electron chi connectivity index (χ3n) is 2.72. The van der Waals surface area contributed by atoms with Gasteiger partial charge in [-0.2, -0.15) is 0 Å². The molecule has 1 heterocycles. The molecule has 0 fully saturated rings. The normalized spacial score (nSPS) is 10.6. The first-order valence-electron chi connectivity index (χ1n) is 6.59. The van der Waals surface area contributed by atoms with Crippen molar-refractivity contribution in [3.8, 4) is 0 Å². The Hall–Kier alpha value is -2.21. The molecule has 0 aliphatic rings. The van der Waals surface area contributed by atoms with Crippen LogP contribution in [0.4, 0.5) is 5.69 Å². The lowest BCUT2D eigenvalue weighted by atomic mass is 10.1. The van der Waals surface area contributed by atoms with E-state index in [-0.39, 0.29) is 22.6 Å². The summed E-state index contributed by atoms with van der Waals surface area (Å²) in [6, 6.07) is 8.23. The molecule has 0 unspecified atom stereocenters. The third-order valence-corrected chi connectivity index (χ3v) is 2.93. The fraction of sp³-hybridized carbons (Fsp3) is 0.267. The Labute approximate surface area is 127 Å². The van der Waals surface area contributed by atoms with Crippen molar-refractivity contribution in [2.75, 3.05) is 5.32 Å². The fourth-order valence-electron chi connectivity index (χ4n) is 1.86. The number of anilines is 1. The maximum absolute atomic E-state index is 11.6. The van der Waals surface area contributed by atoms with E-state index in [2.05, 4.69) is 10.6 Å². The molecule has 0 spiro atoms. The molecule has 2 aromatic rings. The highest BCUT2D eigenvalue weighted by atomic mass is 32.1. The summed E-state index contributed by atoms with van der Waals surface area (Å²) in [5.74, 6) is 0.158. The summed E-state index contributed by atoms with van der Waals surface area (Å²) in [6.45, 7) is 3.93. The first-order chi connectivity index (χ1) is 9.94. The molecular formula is C15H16N2O3S. The number of nitrogens with one attached hydrogen (secondary N) is 2. The van der Waals surface area contributed by atoms with Crippen LogP contribution in [0.5, 0.6) is 0 Å².